The Morgan fingerprint density at radius 3 is 2.41 bits per heavy atom. The predicted octanol–water partition coefficient (Wildman–Crippen LogP) is -0.504. The number of aliphatic imine (C=N–C) groups is 1. The van der Waals surface area contributed by atoms with E-state index in [1.165, 1.54) is 11.9 Å². The van der Waals surface area contributed by atoms with Crippen LogP contribution in [0.25, 0.3) is 0 Å². The second-order valence-corrected chi connectivity index (χ2v) is 6.78. The number of amides is 4. The average Bonchev–Trinajstić information content (AvgIpc) is 3.03. The predicted molar refractivity (Wildman–Crippen MR) is 98.0 cm³/mol. The molecule has 27 heavy (non-hydrogen) atoms. The lowest BCUT2D eigenvalue weighted by Gasteiger charge is -2.33. The number of amidine groups is 2. The number of hydrogen-bond acceptors (Lipinski definition) is 6. The summed E-state index contributed by atoms with van der Waals surface area (Å²) in [7, 11) is 3.14. The third-order valence-corrected chi connectivity index (χ3v) is 5.22. The number of piperazine rings is 1. The molecule has 0 radical (unpaired) electrons. The molecule has 0 saturated carbocycles. The van der Waals surface area contributed by atoms with Crippen molar-refractivity contribution in [3.63, 3.8) is 0 Å². The van der Waals surface area contributed by atoms with Gasteiger partial charge in [-0.15, -0.1) is 0 Å². The topological polar surface area (TPSA) is 88.8 Å². The zero-order valence-electron chi connectivity index (χ0n) is 16.3. The van der Waals surface area contributed by atoms with Crippen molar-refractivity contribution in [2.45, 2.75) is 19.9 Å². The Balaban J connectivity index is 1.71. The fraction of sp³-hybridized carbons (Fsp3) is 0.706. The average molecular weight is 379 g/mol. The molecule has 0 aromatic carbocycles. The molecule has 2 fully saturated rings. The molecule has 0 aliphatic carbocycles. The van der Waals surface area contributed by atoms with Crippen LogP contribution in [0.2, 0.25) is 0 Å². The number of urea groups is 1. The van der Waals surface area contributed by atoms with Gasteiger partial charge < -0.3 is 9.64 Å². The van der Waals surface area contributed by atoms with Crippen LogP contribution in [-0.2, 0) is 9.53 Å². The summed E-state index contributed by atoms with van der Waals surface area (Å²) in [5, 5.41) is 0. The molecule has 148 valence electrons. The highest BCUT2D eigenvalue weighted by Crippen LogP contribution is 2.19. The summed E-state index contributed by atoms with van der Waals surface area (Å²) in [4.78, 5) is 47.7. The Labute approximate surface area is 158 Å². The van der Waals surface area contributed by atoms with Gasteiger partial charge in [0.2, 0.25) is 0 Å². The molecule has 1 atom stereocenters. The first kappa shape index (κ1) is 19.3. The molecule has 3 aliphatic heterocycles. The lowest BCUT2D eigenvalue weighted by Crippen LogP contribution is -2.61. The van der Waals surface area contributed by atoms with Gasteiger partial charge in [0.1, 0.15) is 6.54 Å². The number of carbonyl (C=O) groups is 3. The van der Waals surface area contributed by atoms with Crippen LogP contribution < -0.4 is 0 Å². The fourth-order valence-electron chi connectivity index (χ4n) is 3.64. The van der Waals surface area contributed by atoms with Crippen molar-refractivity contribution in [2.24, 2.45) is 4.99 Å². The smallest absolute Gasteiger partial charge is 0.409 e. The molecule has 0 aromatic heterocycles. The van der Waals surface area contributed by atoms with Crippen LogP contribution in [0, 0.1) is 0 Å². The van der Waals surface area contributed by atoms with Gasteiger partial charge in [0.25, 0.3) is 17.8 Å². The van der Waals surface area contributed by atoms with Crippen molar-refractivity contribution in [3.8, 4) is 0 Å². The van der Waals surface area contributed by atoms with Gasteiger partial charge in [-0.2, -0.15) is 0 Å². The van der Waals surface area contributed by atoms with Crippen molar-refractivity contribution in [1.29, 1.82) is 0 Å². The van der Waals surface area contributed by atoms with Crippen LogP contribution in [0.15, 0.2) is 4.99 Å². The van der Waals surface area contributed by atoms with Crippen LogP contribution in [0.4, 0.5) is 9.59 Å². The molecule has 1 unspecified atom stereocenters. The summed E-state index contributed by atoms with van der Waals surface area (Å²) in [6.45, 7) is 7.94. The van der Waals surface area contributed by atoms with Crippen molar-refractivity contribution in [1.82, 2.24) is 19.6 Å². The van der Waals surface area contributed by atoms with Gasteiger partial charge in [-0.05, 0) is 18.8 Å². The lowest BCUT2D eigenvalue weighted by atomic mass is 10.1. The molecule has 3 heterocycles. The van der Waals surface area contributed by atoms with Gasteiger partial charge >= 0.3 is 18.0 Å². The first-order valence-electron chi connectivity index (χ1n) is 9.29. The molecular formula is C17H27N6O4+. The second-order valence-electron chi connectivity index (χ2n) is 6.78. The molecular weight excluding hydrogens is 352 g/mol. The summed E-state index contributed by atoms with van der Waals surface area (Å²) in [5.74, 6) is 1.02. The van der Waals surface area contributed by atoms with E-state index in [2.05, 4.69) is 9.89 Å². The van der Waals surface area contributed by atoms with Crippen molar-refractivity contribution in [2.75, 3.05) is 60.0 Å². The van der Waals surface area contributed by atoms with Gasteiger partial charge in [0, 0.05) is 40.3 Å². The van der Waals surface area contributed by atoms with Crippen LogP contribution >= 0.6 is 0 Å². The van der Waals surface area contributed by atoms with Crippen LogP contribution in [0.1, 0.15) is 13.8 Å². The summed E-state index contributed by atoms with van der Waals surface area (Å²) in [6, 6.07) is -0.908. The highest BCUT2D eigenvalue weighted by Gasteiger charge is 2.52. The number of hydrogen-bond donors (Lipinski definition) is 0. The molecule has 3 rings (SSSR count). The van der Waals surface area contributed by atoms with E-state index in [1.807, 2.05) is 11.5 Å². The Morgan fingerprint density at radius 1 is 1.15 bits per heavy atom. The van der Waals surface area contributed by atoms with E-state index >= 15 is 0 Å². The number of rotatable bonds is 4. The van der Waals surface area contributed by atoms with E-state index in [9.17, 15) is 14.4 Å². The molecule has 0 aromatic rings. The zero-order chi connectivity index (χ0) is 19.7. The van der Waals surface area contributed by atoms with E-state index in [4.69, 9.17) is 4.74 Å². The van der Waals surface area contributed by atoms with Crippen molar-refractivity contribution >= 4 is 29.7 Å². The van der Waals surface area contributed by atoms with Gasteiger partial charge in [0.05, 0.1) is 13.2 Å². The minimum absolute atomic E-state index is 0.249. The number of fused-ring (bicyclic) bond motifs is 1. The van der Waals surface area contributed by atoms with Crippen LogP contribution in [0.5, 0.6) is 0 Å². The number of likely N-dealkylation sites (N-methyl/N-ethyl adjacent to an activating group) is 3. The normalized spacial score (nSPS) is 23.8. The highest BCUT2D eigenvalue weighted by molar-refractivity contribution is 6.23. The Morgan fingerprint density at radius 2 is 1.81 bits per heavy atom. The standard InChI is InChI=1S/C17H27N6O4/c1-5-23-12(11-21-7-9-22(10-8-21)17(26)27-6-2)18-14-13(23)15(24)20(4)16(25)19(14)3/h13H,5-11H2,1-4H3/q+1. The quantitative estimate of drug-likeness (QED) is 0.614. The third-order valence-electron chi connectivity index (χ3n) is 5.22. The number of carbonyl (C=O) groups excluding carboxylic acids is 3. The van der Waals surface area contributed by atoms with Gasteiger partial charge in [-0.3, -0.25) is 19.5 Å². The van der Waals surface area contributed by atoms with Crippen molar-refractivity contribution in [3.05, 3.63) is 0 Å². The molecule has 0 N–H and O–H groups in total. The maximum atomic E-state index is 12.6. The molecule has 0 spiro atoms. The first-order valence-corrected chi connectivity index (χ1v) is 9.29. The fourth-order valence-corrected chi connectivity index (χ4v) is 3.64. The minimum atomic E-state index is -0.543. The minimum Gasteiger partial charge on any atom is -0.450 e. The third kappa shape index (κ3) is 3.41. The van der Waals surface area contributed by atoms with Crippen LogP contribution in [0.3, 0.4) is 0 Å². The lowest BCUT2D eigenvalue weighted by molar-refractivity contribution is -0.532. The highest BCUT2D eigenvalue weighted by atomic mass is 16.6. The monoisotopic (exact) mass is 379 g/mol. The van der Waals surface area contributed by atoms with Crippen molar-refractivity contribution < 1.29 is 23.7 Å². The maximum Gasteiger partial charge on any atom is 0.409 e. The van der Waals surface area contributed by atoms with E-state index in [0.29, 0.717) is 51.7 Å². The van der Waals surface area contributed by atoms with Crippen LogP contribution in [-0.4, -0.2) is 120 Å². The van der Waals surface area contributed by atoms with Gasteiger partial charge in [-0.1, -0.05) is 0 Å². The second kappa shape index (κ2) is 7.63. The molecule has 2 saturated heterocycles. The zero-order valence-corrected chi connectivity index (χ0v) is 16.3. The molecule has 3 aliphatic rings. The van der Waals surface area contributed by atoms with Gasteiger partial charge in [0.15, 0.2) is 0 Å². The Hall–Kier alpha value is -2.49. The maximum absolute atomic E-state index is 12.6. The van der Waals surface area contributed by atoms with E-state index < -0.39 is 6.04 Å². The SMILES string of the molecule is CCOC(=O)N1CCN(CC2=[N+](CC)C3C(=O)N(C)C(=O)N(C)C3=N2)CC1. The summed E-state index contributed by atoms with van der Waals surface area (Å²) >= 11 is 0. The number of imide groups is 1. The van der Waals surface area contributed by atoms with Gasteiger partial charge in [-0.25, -0.2) is 14.2 Å². The molecule has 10 heteroatoms. The largest absolute Gasteiger partial charge is 0.450 e. The molecule has 10 nitrogen and oxygen atoms in total. The molecule has 4 amide bonds. The number of ether oxygens (including phenoxy) is 1. The summed E-state index contributed by atoms with van der Waals surface area (Å²) in [5.41, 5.74) is 0. The van der Waals surface area contributed by atoms with E-state index in [1.54, 1.807) is 18.9 Å². The molecule has 0 bridgehead atoms. The van der Waals surface area contributed by atoms with E-state index in [0.717, 1.165) is 10.7 Å². The van der Waals surface area contributed by atoms with E-state index in [-0.39, 0.29) is 18.0 Å². The summed E-state index contributed by atoms with van der Waals surface area (Å²) in [6.07, 6.45) is -0.277. The first-order chi connectivity index (χ1) is 12.9. The summed E-state index contributed by atoms with van der Waals surface area (Å²) < 4.78 is 7.00. The Bertz CT molecular complexity index is 710. The number of nitrogens with zero attached hydrogens (tertiary/aromatic N) is 6. The Kier molecular flexibility index (Phi) is 5.45.